The topological polar surface area (TPSA) is 89.3 Å². The van der Waals surface area contributed by atoms with Crippen LogP contribution >= 0.6 is 0 Å². The summed E-state index contributed by atoms with van der Waals surface area (Å²) in [7, 11) is -6.69. The summed E-state index contributed by atoms with van der Waals surface area (Å²) in [4.78, 5) is 5.18. The Labute approximate surface area is 192 Å². The normalized spacial score (nSPS) is 19.6. The van der Waals surface area contributed by atoms with Crippen LogP contribution in [0.4, 0.5) is 0 Å². The molecule has 1 aliphatic heterocycles. The van der Waals surface area contributed by atoms with E-state index in [1.54, 1.807) is 12.1 Å². The average molecular weight is 482 g/mol. The maximum absolute atomic E-state index is 13.2. The first-order valence-electron chi connectivity index (χ1n) is 11.5. The van der Waals surface area contributed by atoms with Crippen LogP contribution in [0.1, 0.15) is 52.3 Å². The van der Waals surface area contributed by atoms with Gasteiger partial charge in [-0.1, -0.05) is 20.8 Å². The number of fused-ring (bicyclic) bond motifs is 1. The van der Waals surface area contributed by atoms with E-state index in [2.05, 4.69) is 25.3 Å². The summed E-state index contributed by atoms with van der Waals surface area (Å²) in [5.41, 5.74) is 1.85. The molecule has 2 aromatic rings. The lowest BCUT2D eigenvalue weighted by molar-refractivity contribution is 0.290. The van der Waals surface area contributed by atoms with E-state index in [1.807, 2.05) is 6.07 Å². The molecule has 1 saturated carbocycles. The summed E-state index contributed by atoms with van der Waals surface area (Å²) in [6, 6.07) is 5.36. The number of hydrogen-bond acceptors (Lipinski definition) is 5. The SMILES string of the molecule is CC(C)(C)Cc1nc2cc(S(=O)(=O)CC3CCN(S(C)(=O)=O)CC3)ccc2n1CC1CC1. The number of rotatable bonds is 7. The molecular weight excluding hydrogens is 446 g/mol. The minimum Gasteiger partial charge on any atom is -0.328 e. The van der Waals surface area contributed by atoms with Crippen LogP contribution in [0.15, 0.2) is 23.1 Å². The van der Waals surface area contributed by atoms with E-state index in [1.165, 1.54) is 23.4 Å². The number of piperidine rings is 1. The molecule has 2 aliphatic rings. The maximum atomic E-state index is 13.2. The van der Waals surface area contributed by atoms with Gasteiger partial charge in [-0.05, 0) is 61.1 Å². The molecule has 0 atom stereocenters. The third kappa shape index (κ3) is 5.54. The van der Waals surface area contributed by atoms with Crippen molar-refractivity contribution in [3.8, 4) is 0 Å². The summed E-state index contributed by atoms with van der Waals surface area (Å²) in [6.45, 7) is 8.31. The Morgan fingerprint density at radius 3 is 2.22 bits per heavy atom. The van der Waals surface area contributed by atoms with Gasteiger partial charge in [-0.15, -0.1) is 0 Å². The molecule has 4 rings (SSSR count). The highest BCUT2D eigenvalue weighted by Crippen LogP contribution is 2.34. The van der Waals surface area contributed by atoms with Gasteiger partial charge in [0, 0.05) is 26.1 Å². The van der Waals surface area contributed by atoms with Gasteiger partial charge in [0.1, 0.15) is 5.82 Å². The second-order valence-electron chi connectivity index (χ2n) is 10.9. The summed E-state index contributed by atoms with van der Waals surface area (Å²) < 4.78 is 53.5. The van der Waals surface area contributed by atoms with E-state index in [9.17, 15) is 16.8 Å². The average Bonchev–Trinajstić information content (AvgIpc) is 3.42. The second kappa shape index (κ2) is 8.40. The molecule has 1 aliphatic carbocycles. The molecule has 0 amide bonds. The van der Waals surface area contributed by atoms with Crippen LogP contribution in [0, 0.1) is 17.3 Å². The number of sulfone groups is 1. The van der Waals surface area contributed by atoms with Crippen LogP contribution in [0.5, 0.6) is 0 Å². The highest BCUT2D eigenvalue weighted by atomic mass is 32.2. The zero-order valence-electron chi connectivity index (χ0n) is 19.5. The van der Waals surface area contributed by atoms with Gasteiger partial charge in [-0.2, -0.15) is 0 Å². The fraction of sp³-hybridized carbons (Fsp3) is 0.696. The lowest BCUT2D eigenvalue weighted by atomic mass is 9.92. The highest BCUT2D eigenvalue weighted by Gasteiger charge is 2.30. The molecule has 7 nitrogen and oxygen atoms in total. The largest absolute Gasteiger partial charge is 0.328 e. The Bertz CT molecular complexity index is 1200. The molecule has 178 valence electrons. The number of sulfonamides is 1. The molecule has 0 N–H and O–H groups in total. The van der Waals surface area contributed by atoms with Gasteiger partial charge in [0.05, 0.1) is 27.9 Å². The highest BCUT2D eigenvalue weighted by molar-refractivity contribution is 7.91. The number of aromatic nitrogens is 2. The van der Waals surface area contributed by atoms with Crippen molar-refractivity contribution in [2.75, 3.05) is 25.1 Å². The first-order valence-corrected chi connectivity index (χ1v) is 15.0. The maximum Gasteiger partial charge on any atom is 0.211 e. The van der Waals surface area contributed by atoms with Crippen molar-refractivity contribution in [1.82, 2.24) is 13.9 Å². The van der Waals surface area contributed by atoms with Gasteiger partial charge >= 0.3 is 0 Å². The van der Waals surface area contributed by atoms with Crippen LogP contribution in [0.2, 0.25) is 0 Å². The Hall–Kier alpha value is -1.45. The quantitative estimate of drug-likeness (QED) is 0.604. The third-order valence-electron chi connectivity index (χ3n) is 6.48. The van der Waals surface area contributed by atoms with E-state index in [-0.39, 0.29) is 17.1 Å². The van der Waals surface area contributed by atoms with Gasteiger partial charge in [0.25, 0.3) is 0 Å². The van der Waals surface area contributed by atoms with E-state index < -0.39 is 19.9 Å². The number of hydrogen-bond donors (Lipinski definition) is 0. The third-order valence-corrected chi connectivity index (χ3v) is 9.67. The molecule has 1 saturated heterocycles. The number of nitrogens with zero attached hydrogens (tertiary/aromatic N) is 3. The molecule has 0 unspecified atom stereocenters. The predicted octanol–water partition coefficient (Wildman–Crippen LogP) is 3.48. The molecule has 1 aromatic carbocycles. The molecular formula is C23H35N3O4S2. The Balaban J connectivity index is 1.56. The fourth-order valence-electron chi connectivity index (χ4n) is 4.54. The van der Waals surface area contributed by atoms with Gasteiger partial charge in [-0.25, -0.2) is 26.1 Å². The van der Waals surface area contributed by atoms with Gasteiger partial charge in [0.15, 0.2) is 9.84 Å². The van der Waals surface area contributed by atoms with Crippen molar-refractivity contribution >= 4 is 30.9 Å². The molecule has 1 aromatic heterocycles. The predicted molar refractivity (Wildman–Crippen MR) is 127 cm³/mol. The van der Waals surface area contributed by atoms with Crippen molar-refractivity contribution in [2.45, 2.75) is 64.3 Å². The molecule has 0 spiro atoms. The molecule has 2 heterocycles. The van der Waals surface area contributed by atoms with E-state index in [4.69, 9.17) is 4.98 Å². The Kier molecular flexibility index (Phi) is 6.22. The second-order valence-corrected chi connectivity index (χ2v) is 14.9. The van der Waals surface area contributed by atoms with Crippen molar-refractivity contribution in [3.63, 3.8) is 0 Å². The monoisotopic (exact) mass is 481 g/mol. The first-order chi connectivity index (χ1) is 14.8. The molecule has 32 heavy (non-hydrogen) atoms. The van der Waals surface area contributed by atoms with Crippen molar-refractivity contribution < 1.29 is 16.8 Å². The van der Waals surface area contributed by atoms with Crippen LogP contribution in [0.3, 0.4) is 0 Å². The standard InChI is InChI=1S/C23H35N3O4S2/c1-23(2,3)14-22-24-20-13-19(7-8-21(20)26(22)15-17-5-6-17)32(29,30)16-18-9-11-25(12-10-18)31(4,27)28/h7-8,13,17-18H,5-6,9-12,14-16H2,1-4H3. The van der Waals surface area contributed by atoms with E-state index >= 15 is 0 Å². The van der Waals surface area contributed by atoms with Crippen LogP contribution < -0.4 is 0 Å². The summed E-state index contributed by atoms with van der Waals surface area (Å²) in [5, 5.41) is 0. The lowest BCUT2D eigenvalue weighted by Crippen LogP contribution is -2.39. The fourth-order valence-corrected chi connectivity index (χ4v) is 7.13. The smallest absolute Gasteiger partial charge is 0.211 e. The van der Waals surface area contributed by atoms with Crippen LogP contribution in [-0.4, -0.2) is 55.8 Å². The lowest BCUT2D eigenvalue weighted by Gasteiger charge is -2.29. The summed E-state index contributed by atoms with van der Waals surface area (Å²) in [5.74, 6) is 1.75. The molecule has 0 radical (unpaired) electrons. The number of benzene rings is 1. The summed E-state index contributed by atoms with van der Waals surface area (Å²) >= 11 is 0. The van der Waals surface area contributed by atoms with Gasteiger partial charge < -0.3 is 4.57 Å². The van der Waals surface area contributed by atoms with Gasteiger partial charge in [0.2, 0.25) is 10.0 Å². The minimum atomic E-state index is -3.47. The first kappa shape index (κ1) is 23.7. The van der Waals surface area contributed by atoms with Gasteiger partial charge in [-0.3, -0.25) is 0 Å². The zero-order valence-corrected chi connectivity index (χ0v) is 21.2. The van der Waals surface area contributed by atoms with Crippen LogP contribution in [0.25, 0.3) is 11.0 Å². The molecule has 0 bridgehead atoms. The summed E-state index contributed by atoms with van der Waals surface area (Å²) in [6.07, 6.45) is 5.68. The Morgan fingerprint density at radius 2 is 1.66 bits per heavy atom. The van der Waals surface area contributed by atoms with Crippen molar-refractivity contribution in [3.05, 3.63) is 24.0 Å². The zero-order chi connectivity index (χ0) is 23.3. The number of imidazole rings is 1. The van der Waals surface area contributed by atoms with E-state index in [0.717, 1.165) is 29.8 Å². The minimum absolute atomic E-state index is 0.0300. The van der Waals surface area contributed by atoms with Crippen LogP contribution in [-0.2, 0) is 32.8 Å². The molecule has 9 heteroatoms. The van der Waals surface area contributed by atoms with Crippen molar-refractivity contribution in [2.24, 2.45) is 17.3 Å². The van der Waals surface area contributed by atoms with Crippen molar-refractivity contribution in [1.29, 1.82) is 0 Å². The molecule has 2 fully saturated rings. The van der Waals surface area contributed by atoms with E-state index in [0.29, 0.717) is 36.7 Å². The Morgan fingerprint density at radius 1 is 1.00 bits per heavy atom.